The van der Waals surface area contributed by atoms with Crippen LogP contribution in [0.4, 0.5) is 5.69 Å². The van der Waals surface area contributed by atoms with E-state index in [0.717, 1.165) is 43.2 Å². The van der Waals surface area contributed by atoms with Crippen molar-refractivity contribution in [3.63, 3.8) is 0 Å². The van der Waals surface area contributed by atoms with Crippen molar-refractivity contribution in [1.29, 1.82) is 0 Å². The van der Waals surface area contributed by atoms with E-state index in [4.69, 9.17) is 12.2 Å². The third kappa shape index (κ3) is 4.43. The average Bonchev–Trinajstić information content (AvgIpc) is 2.90. The van der Waals surface area contributed by atoms with Crippen LogP contribution in [0.15, 0.2) is 30.3 Å². The van der Waals surface area contributed by atoms with E-state index in [1.54, 1.807) is 0 Å². The van der Waals surface area contributed by atoms with Crippen LogP contribution in [0.25, 0.3) is 0 Å². The molecule has 2 aliphatic heterocycles. The van der Waals surface area contributed by atoms with Crippen LogP contribution in [-0.4, -0.2) is 46.8 Å². The van der Waals surface area contributed by atoms with Gasteiger partial charge in [-0.25, -0.2) is 0 Å². The highest BCUT2D eigenvalue weighted by molar-refractivity contribution is 7.80. The molecule has 1 aromatic carbocycles. The maximum atomic E-state index is 12.8. The number of piperidine rings is 1. The number of nitrogens with zero attached hydrogens (tertiary/aromatic N) is 2. The minimum atomic E-state index is -0.464. The van der Waals surface area contributed by atoms with Crippen LogP contribution < -0.4 is 15.5 Å². The number of anilines is 1. The molecule has 1 aromatic rings. The minimum absolute atomic E-state index is 0.0642. The zero-order valence-electron chi connectivity index (χ0n) is 17.8. The first-order valence-electron chi connectivity index (χ1n) is 10.2. The third-order valence-corrected chi connectivity index (χ3v) is 6.06. The Morgan fingerprint density at radius 2 is 1.75 bits per heavy atom. The highest BCUT2D eigenvalue weighted by Gasteiger charge is 2.50. The molecular formula is C22H34N4OS. The number of carbonyl (C=O) groups is 1. The fourth-order valence-electron chi connectivity index (χ4n) is 4.85. The van der Waals surface area contributed by atoms with E-state index in [-0.39, 0.29) is 16.9 Å². The van der Waals surface area contributed by atoms with Gasteiger partial charge in [0.25, 0.3) is 0 Å². The summed E-state index contributed by atoms with van der Waals surface area (Å²) in [5.74, 6) is 0.142. The quantitative estimate of drug-likeness (QED) is 0.758. The average molecular weight is 403 g/mol. The summed E-state index contributed by atoms with van der Waals surface area (Å²) in [6.07, 6.45) is 2.58. The first kappa shape index (κ1) is 20.9. The number of carbonyl (C=O) groups excluding carboxylic acids is 1. The van der Waals surface area contributed by atoms with Crippen LogP contribution in [0, 0.1) is 5.41 Å². The van der Waals surface area contributed by atoms with E-state index in [9.17, 15) is 4.79 Å². The minimum Gasteiger partial charge on any atom is -0.358 e. The lowest BCUT2D eigenvalue weighted by Crippen LogP contribution is -2.60. The van der Waals surface area contributed by atoms with Crippen LogP contribution >= 0.6 is 12.2 Å². The Morgan fingerprint density at radius 3 is 2.32 bits per heavy atom. The van der Waals surface area contributed by atoms with Gasteiger partial charge in [0.05, 0.1) is 6.67 Å². The number of amides is 1. The Balaban J connectivity index is 1.66. The van der Waals surface area contributed by atoms with E-state index in [1.807, 2.05) is 18.2 Å². The predicted octanol–water partition coefficient (Wildman–Crippen LogP) is 3.50. The lowest BCUT2D eigenvalue weighted by Gasteiger charge is -2.45. The number of hydrogen-bond acceptors (Lipinski definition) is 3. The van der Waals surface area contributed by atoms with Crippen molar-refractivity contribution in [2.75, 3.05) is 24.7 Å². The zero-order chi connectivity index (χ0) is 20.6. The second-order valence-corrected chi connectivity index (χ2v) is 10.4. The van der Waals surface area contributed by atoms with Gasteiger partial charge in [-0.05, 0) is 62.9 Å². The highest BCUT2D eigenvalue weighted by atomic mass is 32.1. The summed E-state index contributed by atoms with van der Waals surface area (Å²) in [7, 11) is 0. The molecule has 2 heterocycles. The molecule has 2 saturated heterocycles. The summed E-state index contributed by atoms with van der Waals surface area (Å²) in [4.78, 5) is 17.2. The molecular weight excluding hydrogens is 368 g/mol. The number of para-hydroxylation sites is 1. The largest absolute Gasteiger partial charge is 0.358 e. The van der Waals surface area contributed by atoms with Gasteiger partial charge in [0.2, 0.25) is 5.91 Å². The predicted molar refractivity (Wildman–Crippen MR) is 119 cm³/mol. The van der Waals surface area contributed by atoms with Crippen molar-refractivity contribution < 1.29 is 4.79 Å². The molecule has 2 fully saturated rings. The number of hydrogen-bond donors (Lipinski definition) is 2. The summed E-state index contributed by atoms with van der Waals surface area (Å²) >= 11 is 5.73. The third-order valence-electron chi connectivity index (χ3n) is 5.70. The van der Waals surface area contributed by atoms with Gasteiger partial charge in [0.1, 0.15) is 5.54 Å². The molecule has 154 valence electrons. The normalized spacial score (nSPS) is 19.7. The first-order chi connectivity index (χ1) is 13.0. The van der Waals surface area contributed by atoms with Crippen LogP contribution in [0.1, 0.15) is 53.9 Å². The fraction of sp³-hybridized carbons (Fsp3) is 0.636. The molecule has 5 nitrogen and oxygen atoms in total. The van der Waals surface area contributed by atoms with Crippen molar-refractivity contribution in [3.05, 3.63) is 30.3 Å². The molecule has 0 radical (unpaired) electrons. The van der Waals surface area contributed by atoms with Crippen molar-refractivity contribution >= 4 is 28.9 Å². The number of nitrogens with one attached hydrogen (secondary N) is 2. The Kier molecular flexibility index (Phi) is 5.63. The molecule has 0 atom stereocenters. The molecule has 0 aliphatic carbocycles. The Morgan fingerprint density at radius 1 is 1.14 bits per heavy atom. The van der Waals surface area contributed by atoms with E-state index < -0.39 is 5.54 Å². The van der Waals surface area contributed by atoms with Gasteiger partial charge in [-0.2, -0.15) is 0 Å². The Bertz CT molecular complexity index is 718. The van der Waals surface area contributed by atoms with E-state index >= 15 is 0 Å². The Labute approximate surface area is 174 Å². The summed E-state index contributed by atoms with van der Waals surface area (Å²) in [6.45, 7) is 13.3. The van der Waals surface area contributed by atoms with Crippen molar-refractivity contribution in [3.8, 4) is 0 Å². The van der Waals surface area contributed by atoms with Crippen LogP contribution in [0.2, 0.25) is 0 Å². The standard InChI is InChI=1S/C22H34N4OS/c1-20(2,3)15-21(4,5)24-19(28)25-13-11-22(12-14-25)18(27)23-16-26(22)17-9-7-6-8-10-17/h6-10H,11-16H2,1-5H3,(H,23,27)(H,24,28). The van der Waals surface area contributed by atoms with Gasteiger partial charge in [-0.15, -0.1) is 0 Å². The molecule has 3 rings (SSSR count). The van der Waals surface area contributed by atoms with Gasteiger partial charge in [0.15, 0.2) is 5.11 Å². The maximum absolute atomic E-state index is 12.8. The molecule has 1 amide bonds. The number of likely N-dealkylation sites (tertiary alicyclic amines) is 1. The molecule has 0 bridgehead atoms. The van der Waals surface area contributed by atoms with Crippen molar-refractivity contribution in [2.24, 2.45) is 5.41 Å². The van der Waals surface area contributed by atoms with Crippen molar-refractivity contribution in [2.45, 2.75) is 65.0 Å². The maximum Gasteiger partial charge on any atom is 0.247 e. The van der Waals surface area contributed by atoms with Crippen molar-refractivity contribution in [1.82, 2.24) is 15.5 Å². The smallest absolute Gasteiger partial charge is 0.247 e. The zero-order valence-corrected chi connectivity index (χ0v) is 18.7. The van der Waals surface area contributed by atoms with Crippen LogP contribution in [0.3, 0.4) is 0 Å². The number of thiocarbonyl (C=S) groups is 1. The lowest BCUT2D eigenvalue weighted by atomic mass is 9.82. The molecule has 1 spiro atoms. The molecule has 6 heteroatoms. The topological polar surface area (TPSA) is 47.6 Å². The van der Waals surface area contributed by atoms with Crippen LogP contribution in [-0.2, 0) is 4.79 Å². The molecule has 2 aliphatic rings. The Hall–Kier alpha value is -1.82. The SMILES string of the molecule is CC(C)(C)CC(C)(C)NC(=S)N1CCC2(CC1)C(=O)NCN2c1ccccc1. The van der Waals surface area contributed by atoms with Gasteiger partial charge in [-0.3, -0.25) is 4.79 Å². The van der Waals surface area contributed by atoms with Gasteiger partial charge >= 0.3 is 0 Å². The summed E-state index contributed by atoms with van der Waals surface area (Å²) < 4.78 is 0. The summed E-state index contributed by atoms with van der Waals surface area (Å²) in [5.41, 5.74) is 0.803. The monoisotopic (exact) mass is 402 g/mol. The molecule has 2 N–H and O–H groups in total. The second kappa shape index (κ2) is 7.54. The summed E-state index contributed by atoms with van der Waals surface area (Å²) in [6, 6.07) is 10.2. The highest BCUT2D eigenvalue weighted by Crippen LogP contribution is 2.36. The molecule has 0 unspecified atom stereocenters. The second-order valence-electron chi connectivity index (χ2n) is 10.00. The number of rotatable bonds is 3. The van der Waals surface area contributed by atoms with E-state index in [1.165, 1.54) is 0 Å². The summed E-state index contributed by atoms with van der Waals surface area (Å²) in [5, 5.41) is 7.42. The van der Waals surface area contributed by atoms with Gasteiger partial charge < -0.3 is 20.4 Å². The number of benzene rings is 1. The molecule has 0 aromatic heterocycles. The molecule has 0 saturated carbocycles. The fourth-order valence-corrected chi connectivity index (χ4v) is 5.31. The molecule has 28 heavy (non-hydrogen) atoms. The first-order valence-corrected chi connectivity index (χ1v) is 10.6. The van der Waals surface area contributed by atoms with Gasteiger partial charge in [0, 0.05) is 24.3 Å². The van der Waals surface area contributed by atoms with Gasteiger partial charge in [-0.1, -0.05) is 39.0 Å². The van der Waals surface area contributed by atoms with E-state index in [0.29, 0.717) is 6.67 Å². The van der Waals surface area contributed by atoms with E-state index in [2.05, 4.69) is 67.2 Å². The lowest BCUT2D eigenvalue weighted by molar-refractivity contribution is -0.124. The van der Waals surface area contributed by atoms with Crippen LogP contribution in [0.5, 0.6) is 0 Å².